The van der Waals surface area contributed by atoms with E-state index in [-0.39, 0.29) is 77.3 Å². The van der Waals surface area contributed by atoms with E-state index in [2.05, 4.69) is 12.6 Å². The van der Waals surface area contributed by atoms with Gasteiger partial charge in [-0.05, 0) is 0 Å². The van der Waals surface area contributed by atoms with Crippen LogP contribution in [-0.2, 0) is 15.2 Å². The minimum Gasteiger partial charge on any atom is -0.726 e. The maximum Gasteiger partial charge on any atom is 1.00 e. The van der Waals surface area contributed by atoms with E-state index in [1.54, 1.807) is 0 Å². The molecule has 0 radical (unpaired) electrons. The van der Waals surface area contributed by atoms with Gasteiger partial charge in [0.1, 0.15) is 0 Å². The molecule has 7 nitrogen and oxygen atoms in total. The van der Waals surface area contributed by atoms with E-state index in [4.69, 9.17) is 23.3 Å². The minimum absolute atomic E-state index is 0. The average Bonchev–Trinajstić information content (AvgIpc) is 1.82. The van der Waals surface area contributed by atoms with Gasteiger partial charge in [0.05, 0.1) is 12.0 Å². The van der Waals surface area contributed by atoms with Crippen LogP contribution < -0.4 is 70.0 Å². The summed E-state index contributed by atoms with van der Waals surface area (Å²) in [6, 6.07) is -0.927. The molecule has 12 heteroatoms. The SMILES string of the molecule is Cl.N[C@@H](CS)C(=O)[O-].O=S(=O)([O-])O.[Na+].[Na+]. The van der Waals surface area contributed by atoms with Crippen molar-refractivity contribution in [2.45, 2.75) is 6.04 Å². The van der Waals surface area contributed by atoms with Crippen LogP contribution in [0.5, 0.6) is 0 Å². The zero-order valence-electron chi connectivity index (χ0n) is 8.11. The predicted octanol–water partition coefficient (Wildman–Crippen LogP) is -8.57. The van der Waals surface area contributed by atoms with Gasteiger partial charge in [0.25, 0.3) is 0 Å². The Hall–Kier alpha value is 1.94. The summed E-state index contributed by atoms with van der Waals surface area (Å²) in [4.78, 5) is 9.65. The number of nitrogens with two attached hydrogens (primary N) is 1. The Labute approximate surface area is 144 Å². The molecule has 0 spiro atoms. The molecule has 0 rings (SSSR count). The van der Waals surface area contributed by atoms with Crippen LogP contribution in [0, 0.1) is 0 Å². The van der Waals surface area contributed by atoms with Crippen molar-refractivity contribution in [3.8, 4) is 0 Å². The Morgan fingerprint density at radius 2 is 1.67 bits per heavy atom. The molecule has 0 aliphatic carbocycles. The quantitative estimate of drug-likeness (QED) is 0.199. The molecule has 0 saturated heterocycles. The topological polar surface area (TPSA) is 144 Å². The Balaban J connectivity index is -0.0000000383. The molecule has 0 heterocycles. The fraction of sp³-hybridized carbons (Fsp3) is 0.667. The van der Waals surface area contributed by atoms with Crippen molar-refractivity contribution in [1.29, 1.82) is 0 Å². The second-order valence-electron chi connectivity index (χ2n) is 1.54. The third-order valence-corrected chi connectivity index (χ3v) is 0.893. The molecule has 3 N–H and O–H groups in total. The second-order valence-corrected chi connectivity index (χ2v) is 2.76. The van der Waals surface area contributed by atoms with Crippen LogP contribution in [0.3, 0.4) is 0 Å². The van der Waals surface area contributed by atoms with Crippen LogP contribution in [-0.4, -0.2) is 35.3 Å². The predicted molar refractivity (Wildman–Crippen MR) is 46.4 cm³/mol. The molecule has 0 unspecified atom stereocenters. The van der Waals surface area contributed by atoms with Gasteiger partial charge in [0, 0.05) is 5.75 Å². The summed E-state index contributed by atoms with van der Waals surface area (Å²) in [6.45, 7) is 0. The van der Waals surface area contributed by atoms with Gasteiger partial charge in [-0.3, -0.25) is 4.55 Å². The molecular weight excluding hydrogens is 292 g/mol. The zero-order valence-corrected chi connectivity index (χ0v) is 14.6. The Morgan fingerprint density at radius 1 is 1.47 bits per heavy atom. The van der Waals surface area contributed by atoms with E-state index in [0.717, 1.165) is 0 Å². The van der Waals surface area contributed by atoms with Gasteiger partial charge in [-0.25, -0.2) is 8.42 Å². The van der Waals surface area contributed by atoms with Gasteiger partial charge in [-0.15, -0.1) is 12.4 Å². The largest absolute Gasteiger partial charge is 1.00 e. The number of halogens is 1. The Kier molecular flexibility index (Phi) is 32.1. The van der Waals surface area contributed by atoms with Gasteiger partial charge < -0.3 is 20.2 Å². The van der Waals surface area contributed by atoms with Crippen molar-refractivity contribution < 1.29 is 86.5 Å². The van der Waals surface area contributed by atoms with E-state index in [0.29, 0.717) is 0 Å². The summed E-state index contributed by atoms with van der Waals surface area (Å²) in [7, 11) is -4.92. The van der Waals surface area contributed by atoms with Gasteiger partial charge in [0.15, 0.2) is 0 Å². The fourth-order valence-corrected chi connectivity index (χ4v) is 0.224. The molecule has 0 aromatic rings. The molecule has 0 aromatic heterocycles. The smallest absolute Gasteiger partial charge is 0.726 e. The number of hydrogen-bond donors (Lipinski definition) is 3. The summed E-state index contributed by atoms with van der Waals surface area (Å²) in [5, 5.41) is 9.65. The van der Waals surface area contributed by atoms with Crippen molar-refractivity contribution in [3.05, 3.63) is 0 Å². The minimum atomic E-state index is -4.92. The van der Waals surface area contributed by atoms with Crippen molar-refractivity contribution in [2.24, 2.45) is 5.73 Å². The molecule has 0 aromatic carbocycles. The van der Waals surface area contributed by atoms with Crippen LogP contribution in [0.1, 0.15) is 0 Å². The molecule has 1 atom stereocenters. The number of aliphatic carboxylic acids is 1. The first-order chi connectivity index (χ1) is 5.18. The number of carboxylic acid groups (broad SMARTS) is 1. The van der Waals surface area contributed by atoms with Crippen LogP contribution >= 0.6 is 25.0 Å². The average molecular weight is 300 g/mol. The van der Waals surface area contributed by atoms with Gasteiger partial charge in [-0.2, -0.15) is 12.6 Å². The van der Waals surface area contributed by atoms with E-state index < -0.39 is 22.4 Å². The van der Waals surface area contributed by atoms with E-state index in [1.165, 1.54) is 0 Å². The number of carbonyl (C=O) groups is 1. The van der Waals surface area contributed by atoms with Crippen molar-refractivity contribution in [3.63, 3.8) is 0 Å². The molecule has 0 saturated carbocycles. The zero-order chi connectivity index (χ0) is 10.4. The first-order valence-electron chi connectivity index (χ1n) is 2.44. The fourth-order valence-electron chi connectivity index (χ4n) is 0.0745. The van der Waals surface area contributed by atoms with Gasteiger partial charge >= 0.3 is 59.1 Å². The number of carbonyl (C=O) groups excluding carboxylic acids is 1. The molecule has 0 bridgehead atoms. The maximum atomic E-state index is 9.65. The van der Waals surface area contributed by atoms with Crippen molar-refractivity contribution in [2.75, 3.05) is 5.75 Å². The second kappa shape index (κ2) is 15.9. The Morgan fingerprint density at radius 3 is 1.67 bits per heavy atom. The van der Waals surface area contributed by atoms with E-state index in [9.17, 15) is 9.90 Å². The molecule has 82 valence electrons. The standard InChI is InChI=1S/C3H7NO2S.ClH.2Na.H2O4S/c4-2(1-7)3(5)6;;;;1-5(2,3)4/h2,7H,1,4H2,(H,5,6);1H;;;(H2,1,2,3,4)/q;;2*+1;/p-2/t2-;;;;/m0..../s1. The van der Waals surface area contributed by atoms with Crippen LogP contribution in [0.4, 0.5) is 0 Å². The molecule has 0 aliphatic heterocycles. The van der Waals surface area contributed by atoms with E-state index in [1.807, 2.05) is 0 Å². The van der Waals surface area contributed by atoms with Crippen LogP contribution in [0.25, 0.3) is 0 Å². The first-order valence-corrected chi connectivity index (χ1v) is 4.43. The number of thiol groups is 1. The van der Waals surface area contributed by atoms with Crippen LogP contribution in [0.15, 0.2) is 0 Å². The van der Waals surface area contributed by atoms with Gasteiger partial charge in [-0.1, -0.05) is 0 Å². The number of hydrogen-bond acceptors (Lipinski definition) is 7. The molecule has 0 amide bonds. The summed E-state index contributed by atoms with van der Waals surface area (Å²) in [5.41, 5.74) is 4.88. The molecule has 0 fully saturated rings. The normalized spacial score (nSPS) is 10.1. The summed E-state index contributed by atoms with van der Waals surface area (Å²) >= 11 is 3.61. The summed E-state index contributed by atoms with van der Waals surface area (Å²) < 4.78 is 32.8. The number of rotatable bonds is 2. The summed E-state index contributed by atoms with van der Waals surface area (Å²) in [5.74, 6) is -1.13. The molecule has 0 aliphatic rings. The Bertz CT molecular complexity index is 229. The van der Waals surface area contributed by atoms with Crippen molar-refractivity contribution >= 4 is 41.4 Å². The maximum absolute atomic E-state index is 9.65. The molecular formula is C3H8ClNNa2O6S2. The number of carboxylic acids is 1. The third-order valence-electron chi connectivity index (χ3n) is 0.499. The van der Waals surface area contributed by atoms with Gasteiger partial charge in [0.2, 0.25) is 10.4 Å². The third kappa shape index (κ3) is 49.1. The van der Waals surface area contributed by atoms with Crippen molar-refractivity contribution in [1.82, 2.24) is 0 Å². The van der Waals surface area contributed by atoms with Crippen LogP contribution in [0.2, 0.25) is 0 Å². The van der Waals surface area contributed by atoms with E-state index >= 15 is 0 Å². The summed E-state index contributed by atoms with van der Waals surface area (Å²) in [6.07, 6.45) is 0. The first kappa shape index (κ1) is 30.2. The monoisotopic (exact) mass is 299 g/mol. The molecule has 15 heavy (non-hydrogen) atoms.